The van der Waals surface area contributed by atoms with E-state index < -0.39 is 5.97 Å². The summed E-state index contributed by atoms with van der Waals surface area (Å²) in [4.78, 5) is 28.1. The zero-order valence-electron chi connectivity index (χ0n) is 14.2. The first-order chi connectivity index (χ1) is 12.1. The van der Waals surface area contributed by atoms with Crippen molar-refractivity contribution < 1.29 is 19.1 Å². The van der Waals surface area contributed by atoms with Crippen LogP contribution >= 0.6 is 11.3 Å². The van der Waals surface area contributed by atoms with Crippen molar-refractivity contribution >= 4 is 23.2 Å². The number of nitrogens with zero attached hydrogens (tertiary/aromatic N) is 1. The third-order valence-electron chi connectivity index (χ3n) is 4.10. The molecular formula is C18H20N2O4S. The Labute approximate surface area is 150 Å². The molecule has 0 unspecified atom stereocenters. The predicted octanol–water partition coefficient (Wildman–Crippen LogP) is 2.89. The van der Waals surface area contributed by atoms with Crippen LogP contribution < -0.4 is 10.1 Å². The van der Waals surface area contributed by atoms with Crippen molar-refractivity contribution in [3.8, 4) is 16.3 Å². The summed E-state index contributed by atoms with van der Waals surface area (Å²) in [7, 11) is 1.61. The van der Waals surface area contributed by atoms with E-state index in [1.165, 1.54) is 11.3 Å². The lowest BCUT2D eigenvalue weighted by atomic mass is 10.2. The predicted molar refractivity (Wildman–Crippen MR) is 94.7 cm³/mol. The molecule has 1 aliphatic rings. The van der Waals surface area contributed by atoms with E-state index in [9.17, 15) is 9.59 Å². The molecule has 0 saturated heterocycles. The Morgan fingerprint density at radius 3 is 2.68 bits per heavy atom. The van der Waals surface area contributed by atoms with E-state index in [1.54, 1.807) is 12.5 Å². The van der Waals surface area contributed by atoms with Crippen molar-refractivity contribution in [3.63, 3.8) is 0 Å². The van der Waals surface area contributed by atoms with E-state index >= 15 is 0 Å². The number of ether oxygens (including phenoxy) is 2. The molecule has 1 saturated carbocycles. The normalized spacial score (nSPS) is 14.6. The van der Waals surface area contributed by atoms with Crippen molar-refractivity contribution in [2.75, 3.05) is 13.7 Å². The quantitative estimate of drug-likeness (QED) is 0.768. The third kappa shape index (κ3) is 4.57. The number of carbonyl (C=O) groups excluding carboxylic acids is 2. The SMILES string of the molecule is COc1ccc(-c2nc(C(=O)OCC(=O)N[C@H](C)C3CC3)cs2)cc1. The highest BCUT2D eigenvalue weighted by Gasteiger charge is 2.29. The van der Waals surface area contributed by atoms with Crippen molar-refractivity contribution in [2.45, 2.75) is 25.8 Å². The first kappa shape index (κ1) is 17.4. The van der Waals surface area contributed by atoms with Crippen LogP contribution in [0.4, 0.5) is 0 Å². The minimum atomic E-state index is -0.592. The van der Waals surface area contributed by atoms with Crippen molar-refractivity contribution in [2.24, 2.45) is 5.92 Å². The fourth-order valence-corrected chi connectivity index (χ4v) is 3.24. The Hall–Kier alpha value is -2.41. The van der Waals surface area contributed by atoms with Gasteiger partial charge in [0.05, 0.1) is 7.11 Å². The van der Waals surface area contributed by atoms with Gasteiger partial charge in [-0.15, -0.1) is 11.3 Å². The molecule has 1 amide bonds. The lowest BCUT2D eigenvalue weighted by Gasteiger charge is -2.12. The molecule has 0 aliphatic heterocycles. The molecule has 0 bridgehead atoms. The first-order valence-electron chi connectivity index (χ1n) is 8.13. The van der Waals surface area contributed by atoms with Crippen LogP contribution in [0.15, 0.2) is 29.6 Å². The lowest BCUT2D eigenvalue weighted by Crippen LogP contribution is -2.37. The van der Waals surface area contributed by atoms with Gasteiger partial charge >= 0.3 is 5.97 Å². The van der Waals surface area contributed by atoms with Gasteiger partial charge in [-0.05, 0) is 49.9 Å². The molecule has 0 radical (unpaired) electrons. The smallest absolute Gasteiger partial charge is 0.358 e. The Morgan fingerprint density at radius 1 is 1.32 bits per heavy atom. The van der Waals surface area contributed by atoms with E-state index in [2.05, 4.69) is 10.3 Å². The van der Waals surface area contributed by atoms with Crippen LogP contribution in [-0.4, -0.2) is 36.6 Å². The summed E-state index contributed by atoms with van der Waals surface area (Å²) >= 11 is 1.35. The van der Waals surface area contributed by atoms with Crippen molar-refractivity contribution in [1.29, 1.82) is 0 Å². The zero-order valence-corrected chi connectivity index (χ0v) is 15.0. The largest absolute Gasteiger partial charge is 0.497 e. The minimum absolute atomic E-state index is 0.132. The molecule has 2 aromatic rings. The fraction of sp³-hybridized carbons (Fsp3) is 0.389. The number of thiazole rings is 1. The van der Waals surface area contributed by atoms with E-state index in [-0.39, 0.29) is 24.2 Å². The summed E-state index contributed by atoms with van der Waals surface area (Å²) in [6.45, 7) is 1.68. The second-order valence-electron chi connectivity index (χ2n) is 6.04. The van der Waals surface area contributed by atoms with Crippen LogP contribution in [0, 0.1) is 5.92 Å². The average Bonchev–Trinajstić information content (AvgIpc) is 3.37. The van der Waals surface area contributed by atoms with Crippen LogP contribution in [0.3, 0.4) is 0 Å². The zero-order chi connectivity index (χ0) is 17.8. The number of methoxy groups -OCH3 is 1. The van der Waals surface area contributed by atoms with Crippen LogP contribution in [0.2, 0.25) is 0 Å². The van der Waals surface area contributed by atoms with Gasteiger partial charge in [0, 0.05) is 17.0 Å². The van der Waals surface area contributed by atoms with E-state index in [4.69, 9.17) is 9.47 Å². The van der Waals surface area contributed by atoms with Gasteiger partial charge in [0.2, 0.25) is 0 Å². The van der Waals surface area contributed by atoms with Gasteiger partial charge in [0.25, 0.3) is 5.91 Å². The molecule has 1 heterocycles. The standard InChI is InChI=1S/C18H20N2O4S/c1-11(12-3-4-12)19-16(21)9-24-18(22)15-10-25-17(20-15)13-5-7-14(23-2)8-6-13/h5-8,10-12H,3-4,9H2,1-2H3,(H,19,21)/t11-/m1/s1. The number of amides is 1. The molecule has 1 atom stereocenters. The van der Waals surface area contributed by atoms with E-state index in [0.717, 1.165) is 24.2 Å². The number of esters is 1. The molecule has 1 fully saturated rings. The molecule has 0 spiro atoms. The number of hydrogen-bond donors (Lipinski definition) is 1. The van der Waals surface area contributed by atoms with Crippen LogP contribution in [0.1, 0.15) is 30.3 Å². The summed E-state index contributed by atoms with van der Waals surface area (Å²) in [6.07, 6.45) is 2.29. The number of carbonyl (C=O) groups is 2. The van der Waals surface area contributed by atoms with E-state index in [0.29, 0.717) is 10.9 Å². The maximum absolute atomic E-state index is 12.0. The summed E-state index contributed by atoms with van der Waals surface area (Å²) in [6, 6.07) is 7.55. The lowest BCUT2D eigenvalue weighted by molar-refractivity contribution is -0.125. The Balaban J connectivity index is 1.53. The highest BCUT2D eigenvalue weighted by Crippen LogP contribution is 2.32. The van der Waals surface area contributed by atoms with Gasteiger partial charge in [-0.25, -0.2) is 9.78 Å². The average molecular weight is 360 g/mol. The molecule has 25 heavy (non-hydrogen) atoms. The number of aromatic nitrogens is 1. The van der Waals surface area contributed by atoms with E-state index in [1.807, 2.05) is 31.2 Å². The Kier molecular flexibility index (Phi) is 5.33. The topological polar surface area (TPSA) is 77.5 Å². The van der Waals surface area contributed by atoms with Gasteiger partial charge in [0.15, 0.2) is 12.3 Å². The molecular weight excluding hydrogens is 340 g/mol. The number of nitrogens with one attached hydrogen (secondary N) is 1. The molecule has 1 aliphatic carbocycles. The maximum Gasteiger partial charge on any atom is 0.358 e. The second-order valence-corrected chi connectivity index (χ2v) is 6.89. The van der Waals surface area contributed by atoms with Gasteiger partial charge < -0.3 is 14.8 Å². The number of benzene rings is 1. The summed E-state index contributed by atoms with van der Waals surface area (Å²) in [5.41, 5.74) is 1.10. The molecule has 7 heteroatoms. The summed E-state index contributed by atoms with van der Waals surface area (Å²) in [5, 5.41) is 5.19. The monoisotopic (exact) mass is 360 g/mol. The highest BCUT2D eigenvalue weighted by atomic mass is 32.1. The highest BCUT2D eigenvalue weighted by molar-refractivity contribution is 7.13. The maximum atomic E-state index is 12.0. The summed E-state index contributed by atoms with van der Waals surface area (Å²) < 4.78 is 10.2. The Bertz CT molecular complexity index is 753. The van der Waals surface area contributed by atoms with Gasteiger partial charge in [0.1, 0.15) is 10.8 Å². The van der Waals surface area contributed by atoms with Gasteiger partial charge in [-0.1, -0.05) is 0 Å². The molecule has 1 aromatic carbocycles. The third-order valence-corrected chi connectivity index (χ3v) is 4.99. The van der Waals surface area contributed by atoms with Crippen LogP contribution in [0.5, 0.6) is 5.75 Å². The van der Waals surface area contributed by atoms with Crippen molar-refractivity contribution in [3.05, 3.63) is 35.3 Å². The van der Waals surface area contributed by atoms with Crippen molar-refractivity contribution in [1.82, 2.24) is 10.3 Å². The van der Waals surface area contributed by atoms with Gasteiger partial charge in [-0.2, -0.15) is 0 Å². The molecule has 1 N–H and O–H groups in total. The molecule has 6 nitrogen and oxygen atoms in total. The minimum Gasteiger partial charge on any atom is -0.497 e. The second kappa shape index (κ2) is 7.65. The summed E-state index contributed by atoms with van der Waals surface area (Å²) in [5.74, 6) is 0.445. The molecule has 1 aromatic heterocycles. The fourth-order valence-electron chi connectivity index (χ4n) is 2.45. The Morgan fingerprint density at radius 2 is 2.04 bits per heavy atom. The van der Waals surface area contributed by atoms with Gasteiger partial charge in [-0.3, -0.25) is 4.79 Å². The number of hydrogen-bond acceptors (Lipinski definition) is 6. The number of rotatable bonds is 7. The van der Waals surface area contributed by atoms with Crippen LogP contribution in [-0.2, 0) is 9.53 Å². The molecule has 3 rings (SSSR count). The molecule has 132 valence electrons. The van der Waals surface area contributed by atoms with Crippen LogP contribution in [0.25, 0.3) is 10.6 Å². The first-order valence-corrected chi connectivity index (χ1v) is 9.01.